The molecule has 1 amide bonds. The van der Waals surface area contributed by atoms with Crippen LogP contribution < -0.4 is 5.32 Å². The summed E-state index contributed by atoms with van der Waals surface area (Å²) < 4.78 is 5.01. The first-order chi connectivity index (χ1) is 12.4. The molecule has 1 aliphatic rings. The van der Waals surface area contributed by atoms with E-state index in [2.05, 4.69) is 5.32 Å². The van der Waals surface area contributed by atoms with Crippen molar-refractivity contribution in [1.82, 2.24) is 0 Å². The summed E-state index contributed by atoms with van der Waals surface area (Å²) in [6, 6.07) is 9.27. The number of hydrogen-bond acceptors (Lipinski definition) is 5. The maximum atomic E-state index is 12.1. The van der Waals surface area contributed by atoms with Crippen molar-refractivity contribution in [3.63, 3.8) is 0 Å². The highest BCUT2D eigenvalue weighted by Gasteiger charge is 2.17. The van der Waals surface area contributed by atoms with Crippen LogP contribution in [0.1, 0.15) is 27.9 Å². The third-order valence-electron chi connectivity index (χ3n) is 4.10. The fraction of sp³-hybridized carbons (Fsp3) is 0.222. The molecule has 0 aliphatic heterocycles. The summed E-state index contributed by atoms with van der Waals surface area (Å²) in [5.74, 6) is -1.19. The summed E-state index contributed by atoms with van der Waals surface area (Å²) >= 11 is 5.71. The molecular weight excluding hydrogens is 360 g/mol. The van der Waals surface area contributed by atoms with Gasteiger partial charge in [-0.1, -0.05) is 17.7 Å². The first-order valence-electron chi connectivity index (χ1n) is 7.97. The molecule has 2 aromatic rings. The third-order valence-corrected chi connectivity index (χ3v) is 4.41. The highest BCUT2D eigenvalue weighted by molar-refractivity contribution is 6.32. The van der Waals surface area contributed by atoms with Crippen LogP contribution >= 0.6 is 11.6 Å². The molecule has 8 heteroatoms. The number of rotatable bonds is 5. The van der Waals surface area contributed by atoms with Crippen molar-refractivity contribution in [2.24, 2.45) is 0 Å². The van der Waals surface area contributed by atoms with Gasteiger partial charge in [-0.2, -0.15) is 0 Å². The van der Waals surface area contributed by atoms with Gasteiger partial charge in [-0.15, -0.1) is 0 Å². The average molecular weight is 375 g/mol. The lowest BCUT2D eigenvalue weighted by Gasteiger charge is -2.08. The Morgan fingerprint density at radius 2 is 1.92 bits per heavy atom. The van der Waals surface area contributed by atoms with Gasteiger partial charge < -0.3 is 10.1 Å². The van der Waals surface area contributed by atoms with E-state index in [-0.39, 0.29) is 16.4 Å². The largest absolute Gasteiger partial charge is 0.452 e. The van der Waals surface area contributed by atoms with E-state index in [1.54, 1.807) is 12.1 Å². The Bertz CT molecular complexity index is 897. The molecule has 1 N–H and O–H groups in total. The lowest BCUT2D eigenvalue weighted by Crippen LogP contribution is -2.21. The number of nitrogens with one attached hydrogen (secondary N) is 1. The molecule has 0 aromatic heterocycles. The van der Waals surface area contributed by atoms with Crippen molar-refractivity contribution >= 4 is 34.9 Å². The van der Waals surface area contributed by atoms with E-state index in [1.807, 2.05) is 6.07 Å². The van der Waals surface area contributed by atoms with Gasteiger partial charge in [0.2, 0.25) is 0 Å². The van der Waals surface area contributed by atoms with Crippen LogP contribution in [0.3, 0.4) is 0 Å². The van der Waals surface area contributed by atoms with Crippen molar-refractivity contribution in [3.05, 3.63) is 68.2 Å². The van der Waals surface area contributed by atoms with E-state index in [0.717, 1.165) is 30.9 Å². The zero-order chi connectivity index (χ0) is 18.7. The molecule has 26 heavy (non-hydrogen) atoms. The van der Waals surface area contributed by atoms with Gasteiger partial charge >= 0.3 is 5.97 Å². The van der Waals surface area contributed by atoms with Crippen LogP contribution in [0.4, 0.5) is 11.4 Å². The van der Waals surface area contributed by atoms with Gasteiger partial charge in [0, 0.05) is 11.8 Å². The van der Waals surface area contributed by atoms with Gasteiger partial charge in [0.15, 0.2) is 6.61 Å². The highest BCUT2D eigenvalue weighted by Crippen LogP contribution is 2.27. The maximum absolute atomic E-state index is 12.1. The fourth-order valence-corrected chi connectivity index (χ4v) is 3.03. The number of anilines is 1. The second kappa shape index (κ2) is 7.53. The van der Waals surface area contributed by atoms with E-state index in [9.17, 15) is 19.7 Å². The third kappa shape index (κ3) is 4.00. The summed E-state index contributed by atoms with van der Waals surface area (Å²) in [4.78, 5) is 34.2. The van der Waals surface area contributed by atoms with Crippen LogP contribution in [-0.2, 0) is 22.4 Å². The number of ether oxygens (including phenoxy) is 1. The molecule has 0 bridgehead atoms. The number of carbonyl (C=O) groups excluding carboxylic acids is 2. The number of carbonyl (C=O) groups is 2. The van der Waals surface area contributed by atoms with E-state index in [4.69, 9.17) is 16.3 Å². The molecule has 134 valence electrons. The standard InChI is InChI=1S/C18H15ClN2O5/c19-15-7-6-14(9-16(15)21(24)25)20-17(22)10-26-18(23)13-5-4-11-2-1-3-12(11)8-13/h4-9H,1-3,10H2,(H,20,22). The first kappa shape index (κ1) is 17.9. The summed E-state index contributed by atoms with van der Waals surface area (Å²) in [6.07, 6.45) is 3.02. The highest BCUT2D eigenvalue weighted by atomic mass is 35.5. The van der Waals surface area contributed by atoms with Gasteiger partial charge in [-0.3, -0.25) is 14.9 Å². The number of hydrogen-bond donors (Lipinski definition) is 1. The van der Waals surface area contributed by atoms with E-state index in [0.29, 0.717) is 5.56 Å². The van der Waals surface area contributed by atoms with Gasteiger partial charge in [-0.05, 0) is 54.7 Å². The summed E-state index contributed by atoms with van der Waals surface area (Å²) in [5, 5.41) is 13.3. The second-order valence-corrected chi connectivity index (χ2v) is 6.29. The normalized spacial score (nSPS) is 12.3. The van der Waals surface area contributed by atoms with Crippen molar-refractivity contribution in [1.29, 1.82) is 0 Å². The Labute approximate surface area is 154 Å². The molecule has 0 heterocycles. The van der Waals surface area contributed by atoms with Gasteiger partial charge in [0.05, 0.1) is 10.5 Å². The minimum Gasteiger partial charge on any atom is -0.452 e. The van der Waals surface area contributed by atoms with Crippen LogP contribution in [0.2, 0.25) is 5.02 Å². The molecule has 0 saturated heterocycles. The fourth-order valence-electron chi connectivity index (χ4n) is 2.84. The Hall–Kier alpha value is -2.93. The van der Waals surface area contributed by atoms with Crippen LogP contribution in [0, 0.1) is 10.1 Å². The number of aryl methyl sites for hydroxylation is 2. The zero-order valence-corrected chi connectivity index (χ0v) is 14.4. The Morgan fingerprint density at radius 3 is 2.69 bits per heavy atom. The topological polar surface area (TPSA) is 98.5 Å². The predicted octanol–water partition coefficient (Wildman–Crippen LogP) is 3.53. The summed E-state index contributed by atoms with van der Waals surface area (Å²) in [6.45, 7) is -0.494. The van der Waals surface area contributed by atoms with E-state index in [1.165, 1.54) is 17.7 Å². The first-order valence-corrected chi connectivity index (χ1v) is 8.34. The van der Waals surface area contributed by atoms with Crippen molar-refractivity contribution < 1.29 is 19.2 Å². The average Bonchev–Trinajstić information content (AvgIpc) is 3.08. The maximum Gasteiger partial charge on any atom is 0.338 e. The number of nitrogens with zero attached hydrogens (tertiary/aromatic N) is 1. The summed E-state index contributed by atoms with van der Waals surface area (Å²) in [7, 11) is 0. The number of fused-ring (bicyclic) bond motifs is 1. The number of benzene rings is 2. The molecule has 0 unspecified atom stereocenters. The minimum absolute atomic E-state index is 0.0314. The number of nitro benzene ring substituents is 1. The number of amides is 1. The predicted molar refractivity (Wildman–Crippen MR) is 95.5 cm³/mol. The quantitative estimate of drug-likeness (QED) is 0.490. The monoisotopic (exact) mass is 374 g/mol. The van der Waals surface area contributed by atoms with Crippen molar-refractivity contribution in [3.8, 4) is 0 Å². The molecule has 0 atom stereocenters. The Morgan fingerprint density at radius 1 is 1.15 bits per heavy atom. The van der Waals surface area contributed by atoms with Crippen molar-refractivity contribution in [2.45, 2.75) is 19.3 Å². The molecule has 1 aliphatic carbocycles. The summed E-state index contributed by atoms with van der Waals surface area (Å²) in [5.41, 5.74) is 2.65. The molecule has 2 aromatic carbocycles. The second-order valence-electron chi connectivity index (χ2n) is 5.88. The minimum atomic E-state index is -0.647. The van der Waals surface area contributed by atoms with Gasteiger partial charge in [0.1, 0.15) is 5.02 Å². The van der Waals surface area contributed by atoms with Crippen LogP contribution in [-0.4, -0.2) is 23.4 Å². The molecule has 3 rings (SSSR count). The smallest absolute Gasteiger partial charge is 0.338 e. The van der Waals surface area contributed by atoms with E-state index >= 15 is 0 Å². The van der Waals surface area contributed by atoms with Crippen molar-refractivity contribution in [2.75, 3.05) is 11.9 Å². The Kier molecular flexibility index (Phi) is 5.18. The lowest BCUT2D eigenvalue weighted by atomic mass is 10.1. The Balaban J connectivity index is 1.58. The zero-order valence-electron chi connectivity index (χ0n) is 13.7. The molecule has 0 spiro atoms. The SMILES string of the molecule is O=C(COC(=O)c1ccc2c(c1)CCC2)Nc1ccc(Cl)c([N+](=O)[O-])c1. The number of nitro groups is 1. The molecule has 7 nitrogen and oxygen atoms in total. The van der Waals surface area contributed by atoms with E-state index < -0.39 is 23.4 Å². The van der Waals surface area contributed by atoms with Gasteiger partial charge in [0.25, 0.3) is 11.6 Å². The van der Waals surface area contributed by atoms with Crippen LogP contribution in [0.5, 0.6) is 0 Å². The molecule has 0 radical (unpaired) electrons. The van der Waals surface area contributed by atoms with Crippen LogP contribution in [0.15, 0.2) is 36.4 Å². The number of esters is 1. The lowest BCUT2D eigenvalue weighted by molar-refractivity contribution is -0.384. The van der Waals surface area contributed by atoms with Crippen LogP contribution in [0.25, 0.3) is 0 Å². The molecular formula is C18H15ClN2O5. The van der Waals surface area contributed by atoms with Gasteiger partial charge in [-0.25, -0.2) is 4.79 Å². The number of halogens is 1. The molecule has 0 fully saturated rings. The molecule has 0 saturated carbocycles.